The Labute approximate surface area is 84.8 Å². The van der Waals surface area contributed by atoms with Crippen LogP contribution in [0.15, 0.2) is 6.33 Å². The zero-order chi connectivity index (χ0) is 9.90. The summed E-state index contributed by atoms with van der Waals surface area (Å²) in [5.41, 5.74) is 1.88. The van der Waals surface area contributed by atoms with Crippen molar-refractivity contribution in [2.75, 3.05) is 0 Å². The molecule has 5 heteroatoms. The van der Waals surface area contributed by atoms with Crippen molar-refractivity contribution < 1.29 is 9.53 Å². The highest BCUT2D eigenvalue weighted by molar-refractivity contribution is 9.10. The molecule has 0 radical (unpaired) electrons. The second-order valence-electron chi connectivity index (χ2n) is 2.97. The van der Waals surface area contributed by atoms with Gasteiger partial charge in [-0.15, -0.1) is 0 Å². The lowest BCUT2D eigenvalue weighted by Crippen LogP contribution is -2.23. The normalized spacial score (nSPS) is 15.0. The van der Waals surface area contributed by atoms with Gasteiger partial charge in [0.15, 0.2) is 4.51 Å². The van der Waals surface area contributed by atoms with Crippen LogP contribution >= 0.6 is 15.9 Å². The van der Waals surface area contributed by atoms with E-state index in [0.717, 1.165) is 11.4 Å². The maximum absolute atomic E-state index is 10.2. The van der Waals surface area contributed by atoms with Crippen LogP contribution in [-0.2, 0) is 16.0 Å². The first-order valence-corrected chi connectivity index (χ1v) is 4.64. The van der Waals surface area contributed by atoms with Gasteiger partial charge < -0.3 is 9.72 Å². The third kappa shape index (κ3) is 2.84. The number of nitrogens with zero attached hydrogens (tertiary/aromatic N) is 1. The SMILES string of the molecule is Cc1[nH]cnc1CC(C)(Br)OC=O. The zero-order valence-electron chi connectivity index (χ0n) is 7.50. The van der Waals surface area contributed by atoms with Crippen LogP contribution in [0, 0.1) is 6.92 Å². The summed E-state index contributed by atoms with van der Waals surface area (Å²) in [5.74, 6) is 0. The minimum absolute atomic E-state index is 0.427. The van der Waals surface area contributed by atoms with Crippen molar-refractivity contribution in [1.29, 1.82) is 0 Å². The molecule has 0 aliphatic carbocycles. The summed E-state index contributed by atoms with van der Waals surface area (Å²) in [5, 5.41) is 0. The first kappa shape index (κ1) is 10.2. The molecule has 13 heavy (non-hydrogen) atoms. The number of ether oxygens (including phenoxy) is 1. The highest BCUT2D eigenvalue weighted by Crippen LogP contribution is 2.23. The van der Waals surface area contributed by atoms with Crippen LogP contribution in [0.4, 0.5) is 0 Å². The molecule has 1 atom stereocenters. The standard InChI is InChI=1S/C8H11BrN2O2/c1-6-7(11-4-10-6)3-8(2,9)13-5-12/h4-5H,3H2,1-2H3,(H,10,11). The fraction of sp³-hybridized carbons (Fsp3) is 0.500. The van der Waals surface area contributed by atoms with Crippen molar-refractivity contribution in [3.05, 3.63) is 17.7 Å². The maximum Gasteiger partial charge on any atom is 0.294 e. The topological polar surface area (TPSA) is 55.0 Å². The van der Waals surface area contributed by atoms with Crippen LogP contribution in [0.1, 0.15) is 18.3 Å². The zero-order valence-corrected chi connectivity index (χ0v) is 9.09. The molecule has 0 aliphatic rings. The molecule has 1 unspecified atom stereocenters. The Balaban J connectivity index is 2.68. The van der Waals surface area contributed by atoms with E-state index in [1.54, 1.807) is 13.3 Å². The van der Waals surface area contributed by atoms with E-state index in [4.69, 9.17) is 4.74 Å². The highest BCUT2D eigenvalue weighted by Gasteiger charge is 2.23. The van der Waals surface area contributed by atoms with E-state index in [1.807, 2.05) is 6.92 Å². The van der Waals surface area contributed by atoms with E-state index in [0.29, 0.717) is 12.9 Å². The van der Waals surface area contributed by atoms with E-state index < -0.39 is 4.51 Å². The fourth-order valence-electron chi connectivity index (χ4n) is 1.01. The molecule has 0 aliphatic heterocycles. The van der Waals surface area contributed by atoms with Gasteiger partial charge in [-0.1, -0.05) is 0 Å². The Bertz CT molecular complexity index is 296. The third-order valence-corrected chi connectivity index (χ3v) is 2.18. The lowest BCUT2D eigenvalue weighted by atomic mass is 10.2. The molecule has 1 heterocycles. The molecule has 1 aromatic heterocycles. The Kier molecular flexibility index (Phi) is 3.08. The molecule has 0 fully saturated rings. The lowest BCUT2D eigenvalue weighted by molar-refractivity contribution is -0.134. The molecular weight excluding hydrogens is 236 g/mol. The monoisotopic (exact) mass is 246 g/mol. The van der Waals surface area contributed by atoms with Gasteiger partial charge in [-0.2, -0.15) is 0 Å². The van der Waals surface area contributed by atoms with Gasteiger partial charge in [0, 0.05) is 12.1 Å². The predicted molar refractivity (Wildman–Crippen MR) is 51.5 cm³/mol. The van der Waals surface area contributed by atoms with Crippen molar-refractivity contribution >= 4 is 22.4 Å². The number of rotatable bonds is 4. The maximum atomic E-state index is 10.2. The average Bonchev–Trinajstić information content (AvgIpc) is 2.35. The van der Waals surface area contributed by atoms with Crippen LogP contribution in [0.5, 0.6) is 0 Å². The summed E-state index contributed by atoms with van der Waals surface area (Å²) in [6.07, 6.45) is 2.16. The van der Waals surface area contributed by atoms with Gasteiger partial charge in [0.25, 0.3) is 6.47 Å². The van der Waals surface area contributed by atoms with Gasteiger partial charge in [-0.25, -0.2) is 4.98 Å². The Morgan fingerprint density at radius 3 is 3.00 bits per heavy atom. The first-order chi connectivity index (χ1) is 6.05. The summed E-state index contributed by atoms with van der Waals surface area (Å²) >= 11 is 3.29. The molecule has 0 spiro atoms. The second-order valence-corrected chi connectivity index (χ2v) is 4.64. The average molecular weight is 247 g/mol. The highest BCUT2D eigenvalue weighted by atomic mass is 79.9. The first-order valence-electron chi connectivity index (χ1n) is 3.84. The van der Waals surface area contributed by atoms with E-state index in [1.165, 1.54) is 0 Å². The van der Waals surface area contributed by atoms with Crippen molar-refractivity contribution in [3.63, 3.8) is 0 Å². The minimum atomic E-state index is -0.672. The third-order valence-electron chi connectivity index (χ3n) is 1.71. The van der Waals surface area contributed by atoms with Crippen LogP contribution < -0.4 is 0 Å². The van der Waals surface area contributed by atoms with Crippen molar-refractivity contribution in [2.45, 2.75) is 24.8 Å². The molecule has 0 amide bonds. The number of H-pyrrole nitrogens is 1. The van der Waals surface area contributed by atoms with Crippen LogP contribution in [0.2, 0.25) is 0 Å². The molecule has 0 aromatic carbocycles. The van der Waals surface area contributed by atoms with Crippen molar-refractivity contribution in [3.8, 4) is 0 Å². The molecule has 1 rings (SSSR count). The van der Waals surface area contributed by atoms with E-state index in [9.17, 15) is 4.79 Å². The molecule has 1 aromatic rings. The fourth-order valence-corrected chi connectivity index (χ4v) is 1.35. The molecule has 0 saturated carbocycles. The molecule has 72 valence electrons. The number of carbonyl (C=O) groups excluding carboxylic acids is 1. The summed E-state index contributed by atoms with van der Waals surface area (Å²) in [7, 11) is 0. The summed E-state index contributed by atoms with van der Waals surface area (Å²) in [6.45, 7) is 4.12. The van der Waals surface area contributed by atoms with E-state index in [2.05, 4.69) is 25.9 Å². The summed E-state index contributed by atoms with van der Waals surface area (Å²) in [4.78, 5) is 17.2. The number of hydrogen-bond acceptors (Lipinski definition) is 3. The smallest absolute Gasteiger partial charge is 0.294 e. The number of imidazole rings is 1. The van der Waals surface area contributed by atoms with Crippen LogP contribution in [0.3, 0.4) is 0 Å². The van der Waals surface area contributed by atoms with Crippen LogP contribution in [0.25, 0.3) is 0 Å². The van der Waals surface area contributed by atoms with Gasteiger partial charge in [0.05, 0.1) is 12.0 Å². The Hall–Kier alpha value is -0.840. The van der Waals surface area contributed by atoms with Crippen molar-refractivity contribution in [1.82, 2.24) is 9.97 Å². The Morgan fingerprint density at radius 2 is 2.54 bits per heavy atom. The van der Waals surface area contributed by atoms with E-state index in [-0.39, 0.29) is 0 Å². The van der Waals surface area contributed by atoms with Gasteiger partial charge in [-0.3, -0.25) is 4.79 Å². The number of halogens is 1. The molecule has 4 nitrogen and oxygen atoms in total. The lowest BCUT2D eigenvalue weighted by Gasteiger charge is -2.19. The van der Waals surface area contributed by atoms with Gasteiger partial charge in [0.2, 0.25) is 0 Å². The molecule has 0 saturated heterocycles. The quantitative estimate of drug-likeness (QED) is 0.648. The number of aromatic nitrogens is 2. The molecule has 1 N–H and O–H groups in total. The van der Waals surface area contributed by atoms with Crippen molar-refractivity contribution in [2.24, 2.45) is 0 Å². The summed E-state index contributed by atoms with van der Waals surface area (Å²) < 4.78 is 4.17. The molecule has 0 bridgehead atoms. The number of nitrogens with one attached hydrogen (secondary N) is 1. The Morgan fingerprint density at radius 1 is 1.85 bits per heavy atom. The number of aryl methyl sites for hydroxylation is 1. The van der Waals surface area contributed by atoms with Crippen LogP contribution in [-0.4, -0.2) is 21.0 Å². The molecular formula is C8H11BrN2O2. The number of carbonyl (C=O) groups is 1. The summed E-state index contributed by atoms with van der Waals surface area (Å²) in [6, 6.07) is 0. The van der Waals surface area contributed by atoms with E-state index >= 15 is 0 Å². The number of hydrogen-bond donors (Lipinski definition) is 1. The second kappa shape index (κ2) is 3.91. The van der Waals surface area contributed by atoms with Gasteiger partial charge >= 0.3 is 0 Å². The number of alkyl halides is 1. The minimum Gasteiger partial charge on any atom is -0.449 e. The van der Waals surface area contributed by atoms with Gasteiger partial charge in [0.1, 0.15) is 0 Å². The van der Waals surface area contributed by atoms with Gasteiger partial charge in [-0.05, 0) is 29.8 Å². The predicted octanol–water partition coefficient (Wildman–Crippen LogP) is 1.54. The largest absolute Gasteiger partial charge is 0.449 e. The number of aromatic amines is 1.